The number of hydrogen-bond donors (Lipinski definition) is 1. The normalized spacial score (nSPS) is 12.2. The number of fused-ring (bicyclic) bond motifs is 1. The van der Waals surface area contributed by atoms with Crippen LogP contribution in [-0.4, -0.2) is 21.1 Å². The van der Waals surface area contributed by atoms with Crippen molar-refractivity contribution in [3.8, 4) is 22.8 Å². The standard InChI is InChI=1S/C21H19ClN2O3S2/c1-4-5-27-16-7-13(6-14(22)19(16)25)8-17-20(26)24-9-15(23-21(24)29-17)18-11(2)10-28-12(18)3/h6-10,25H,4-5H2,1-3H3/b17-8-. The largest absolute Gasteiger partial charge is 0.503 e. The number of nitrogens with zero attached hydrogens (tertiary/aromatic N) is 2. The van der Waals surface area contributed by atoms with Crippen molar-refractivity contribution in [2.75, 3.05) is 6.61 Å². The van der Waals surface area contributed by atoms with E-state index in [4.69, 9.17) is 16.3 Å². The molecule has 1 N–H and O–H groups in total. The van der Waals surface area contributed by atoms with E-state index in [0.29, 0.717) is 27.4 Å². The molecule has 3 aromatic heterocycles. The second-order valence-electron chi connectivity index (χ2n) is 6.74. The fourth-order valence-corrected chi connectivity index (χ4v) is 5.19. The molecule has 0 atom stereocenters. The van der Waals surface area contributed by atoms with Crippen molar-refractivity contribution in [3.63, 3.8) is 0 Å². The van der Waals surface area contributed by atoms with Gasteiger partial charge in [-0.1, -0.05) is 29.9 Å². The van der Waals surface area contributed by atoms with E-state index in [-0.39, 0.29) is 16.3 Å². The number of imidazole rings is 1. The van der Waals surface area contributed by atoms with Crippen molar-refractivity contribution in [3.05, 3.63) is 59.6 Å². The van der Waals surface area contributed by atoms with Crippen LogP contribution < -0.4 is 14.8 Å². The minimum atomic E-state index is -0.130. The fraction of sp³-hybridized carbons (Fsp3) is 0.238. The van der Waals surface area contributed by atoms with Gasteiger partial charge in [0.2, 0.25) is 0 Å². The highest BCUT2D eigenvalue weighted by atomic mass is 35.5. The molecule has 0 unspecified atom stereocenters. The van der Waals surface area contributed by atoms with E-state index >= 15 is 0 Å². The highest BCUT2D eigenvalue weighted by Crippen LogP contribution is 2.35. The summed E-state index contributed by atoms with van der Waals surface area (Å²) in [5.41, 5.74) is 3.63. The fourth-order valence-electron chi connectivity index (χ4n) is 3.16. The highest BCUT2D eigenvalue weighted by molar-refractivity contribution is 7.15. The van der Waals surface area contributed by atoms with Gasteiger partial charge in [0.15, 0.2) is 16.5 Å². The van der Waals surface area contributed by atoms with Gasteiger partial charge in [0.05, 0.1) is 21.9 Å². The Hall–Kier alpha value is -2.35. The average molecular weight is 447 g/mol. The molecule has 0 aliphatic rings. The van der Waals surface area contributed by atoms with Crippen LogP contribution >= 0.6 is 34.3 Å². The molecule has 3 heterocycles. The Morgan fingerprint density at radius 1 is 1.34 bits per heavy atom. The second-order valence-corrected chi connectivity index (χ2v) is 9.24. The van der Waals surface area contributed by atoms with Crippen LogP contribution in [0.3, 0.4) is 0 Å². The Morgan fingerprint density at radius 3 is 2.79 bits per heavy atom. The van der Waals surface area contributed by atoms with Crippen LogP contribution in [0.4, 0.5) is 0 Å². The first-order valence-corrected chi connectivity index (χ1v) is 11.2. The number of ether oxygens (including phenoxy) is 1. The molecule has 0 radical (unpaired) electrons. The third kappa shape index (κ3) is 3.66. The molecule has 0 bridgehead atoms. The summed E-state index contributed by atoms with van der Waals surface area (Å²) < 4.78 is 7.68. The Balaban J connectivity index is 1.78. The molecule has 0 aliphatic carbocycles. The number of phenols is 1. The number of benzene rings is 1. The van der Waals surface area contributed by atoms with Crippen LogP contribution in [-0.2, 0) is 0 Å². The number of rotatable bonds is 5. The summed E-state index contributed by atoms with van der Waals surface area (Å²) in [5.74, 6) is 0.219. The van der Waals surface area contributed by atoms with Crippen LogP contribution in [0.2, 0.25) is 5.02 Å². The Bertz CT molecular complexity index is 1300. The summed E-state index contributed by atoms with van der Waals surface area (Å²) in [6.07, 6.45) is 4.35. The monoisotopic (exact) mass is 446 g/mol. The molecule has 1 aromatic carbocycles. The van der Waals surface area contributed by atoms with Gasteiger partial charge in [0.25, 0.3) is 5.56 Å². The van der Waals surface area contributed by atoms with E-state index in [1.807, 2.05) is 6.92 Å². The first-order chi connectivity index (χ1) is 13.9. The number of thiophene rings is 1. The molecule has 4 aromatic rings. The Labute approximate surface area is 180 Å². The zero-order valence-electron chi connectivity index (χ0n) is 16.2. The van der Waals surface area contributed by atoms with Crippen molar-refractivity contribution >= 4 is 45.3 Å². The molecule has 5 nitrogen and oxygen atoms in total. The van der Waals surface area contributed by atoms with Gasteiger partial charge in [0.1, 0.15) is 0 Å². The summed E-state index contributed by atoms with van der Waals surface area (Å²) >= 11 is 9.13. The lowest BCUT2D eigenvalue weighted by atomic mass is 10.1. The van der Waals surface area contributed by atoms with Gasteiger partial charge in [-0.3, -0.25) is 9.20 Å². The van der Waals surface area contributed by atoms with Crippen LogP contribution in [0.25, 0.3) is 22.3 Å². The minimum absolute atomic E-state index is 0.0910. The summed E-state index contributed by atoms with van der Waals surface area (Å²) in [6.45, 7) is 6.56. The Kier molecular flexibility index (Phi) is 5.38. The molecular formula is C21H19ClN2O3S2. The lowest BCUT2D eigenvalue weighted by Crippen LogP contribution is -2.22. The third-order valence-electron chi connectivity index (χ3n) is 4.53. The topological polar surface area (TPSA) is 63.8 Å². The van der Waals surface area contributed by atoms with Crippen molar-refractivity contribution in [2.24, 2.45) is 0 Å². The summed E-state index contributed by atoms with van der Waals surface area (Å²) in [7, 11) is 0. The van der Waals surface area contributed by atoms with Crippen molar-refractivity contribution in [2.45, 2.75) is 27.2 Å². The zero-order valence-corrected chi connectivity index (χ0v) is 18.5. The lowest BCUT2D eigenvalue weighted by molar-refractivity contribution is 0.299. The number of thiazole rings is 1. The second kappa shape index (κ2) is 7.82. The van der Waals surface area contributed by atoms with E-state index in [1.165, 1.54) is 16.2 Å². The maximum Gasteiger partial charge on any atom is 0.274 e. The third-order valence-corrected chi connectivity index (χ3v) is 6.83. The van der Waals surface area contributed by atoms with Crippen molar-refractivity contribution in [1.29, 1.82) is 0 Å². The van der Waals surface area contributed by atoms with Crippen molar-refractivity contribution in [1.82, 2.24) is 9.38 Å². The zero-order chi connectivity index (χ0) is 20.7. The van der Waals surface area contributed by atoms with Crippen LogP contribution in [0.5, 0.6) is 11.5 Å². The van der Waals surface area contributed by atoms with Crippen LogP contribution in [0.1, 0.15) is 29.3 Å². The number of halogens is 1. The number of hydrogen-bond acceptors (Lipinski definition) is 6. The highest BCUT2D eigenvalue weighted by Gasteiger charge is 2.15. The number of aromatic nitrogens is 2. The average Bonchev–Trinajstić information content (AvgIpc) is 3.32. The lowest BCUT2D eigenvalue weighted by Gasteiger charge is -2.09. The van der Waals surface area contributed by atoms with Gasteiger partial charge >= 0.3 is 0 Å². The van der Waals surface area contributed by atoms with Crippen LogP contribution in [0.15, 0.2) is 28.5 Å². The molecule has 0 amide bonds. The van der Waals surface area contributed by atoms with Gasteiger partial charge in [-0.15, -0.1) is 11.3 Å². The van der Waals surface area contributed by atoms with Gasteiger partial charge in [-0.2, -0.15) is 0 Å². The predicted octanol–water partition coefficient (Wildman–Crippen LogP) is 4.80. The first kappa shape index (κ1) is 19.9. The minimum Gasteiger partial charge on any atom is -0.503 e. The molecule has 150 valence electrons. The summed E-state index contributed by atoms with van der Waals surface area (Å²) in [6, 6.07) is 3.30. The smallest absolute Gasteiger partial charge is 0.274 e. The maximum absolute atomic E-state index is 12.9. The molecule has 0 aliphatic heterocycles. The quantitative estimate of drug-likeness (QED) is 0.478. The maximum atomic E-state index is 12.9. The van der Waals surface area contributed by atoms with E-state index in [9.17, 15) is 9.90 Å². The van der Waals surface area contributed by atoms with Crippen molar-refractivity contribution < 1.29 is 9.84 Å². The first-order valence-electron chi connectivity index (χ1n) is 9.13. The van der Waals surface area contributed by atoms with E-state index in [1.54, 1.807) is 40.1 Å². The number of aromatic hydroxyl groups is 1. The number of phenolic OH excluding ortho intramolecular Hbond substituents is 1. The molecule has 0 fully saturated rings. The van der Waals surface area contributed by atoms with Crippen LogP contribution in [0, 0.1) is 13.8 Å². The van der Waals surface area contributed by atoms with Gasteiger partial charge in [0, 0.05) is 16.6 Å². The van der Waals surface area contributed by atoms with Gasteiger partial charge in [-0.05, 0) is 55.0 Å². The molecule has 0 saturated heterocycles. The van der Waals surface area contributed by atoms with E-state index < -0.39 is 0 Å². The molecule has 8 heteroatoms. The molecule has 29 heavy (non-hydrogen) atoms. The number of aryl methyl sites for hydroxylation is 2. The van der Waals surface area contributed by atoms with E-state index in [0.717, 1.165) is 23.2 Å². The molecule has 0 saturated carbocycles. The molecular weight excluding hydrogens is 428 g/mol. The summed E-state index contributed by atoms with van der Waals surface area (Å²) in [4.78, 5) is 19.4. The molecule has 4 rings (SSSR count). The van der Waals surface area contributed by atoms with Gasteiger partial charge in [-0.25, -0.2) is 4.98 Å². The SMILES string of the molecule is CCCOc1cc(/C=c2\sc3nc(-c4c(C)csc4C)cn3c2=O)cc(Cl)c1O. The molecule has 0 spiro atoms. The van der Waals surface area contributed by atoms with Gasteiger partial charge < -0.3 is 9.84 Å². The predicted molar refractivity (Wildman–Crippen MR) is 120 cm³/mol. The summed E-state index contributed by atoms with van der Waals surface area (Å²) in [5, 5.41) is 12.4. The van der Waals surface area contributed by atoms with E-state index in [2.05, 4.69) is 24.2 Å². The Morgan fingerprint density at radius 2 is 2.14 bits per heavy atom.